The second kappa shape index (κ2) is 13.1. The Balaban J connectivity index is -0.000000107. The molecule has 0 rings (SSSR count). The summed E-state index contributed by atoms with van der Waals surface area (Å²) in [6.45, 7) is 9.32. The molecule has 4 heteroatoms. The van der Waals surface area contributed by atoms with E-state index in [4.69, 9.17) is 0 Å². The zero-order valence-electron chi connectivity index (χ0n) is 9.98. The molecule has 0 N–H and O–H groups in total. The van der Waals surface area contributed by atoms with Crippen LogP contribution in [0, 0.1) is 0 Å². The molecule has 0 spiro atoms. The zero-order chi connectivity index (χ0) is 7.33. The van der Waals surface area contributed by atoms with Crippen LogP contribution in [0.5, 0.6) is 0 Å². The van der Waals surface area contributed by atoms with Gasteiger partial charge in [-0.2, -0.15) is 25.3 Å². The Kier molecular flexibility index (Phi) is 26.0. The zero-order valence-corrected chi connectivity index (χ0v) is 14.0. The van der Waals surface area contributed by atoms with Gasteiger partial charge in [-0.3, -0.25) is 0 Å². The SMILES string of the molecule is CC[B-](CC)(CC)CC.[B-].[Na+].[Na+]. The maximum absolute atomic E-state index is 2.33. The first-order chi connectivity index (χ1) is 4.24. The van der Waals surface area contributed by atoms with Crippen molar-refractivity contribution in [2.24, 2.45) is 0 Å². The molecule has 0 unspecified atom stereocenters. The summed E-state index contributed by atoms with van der Waals surface area (Å²) in [4.78, 5) is 0. The van der Waals surface area contributed by atoms with Gasteiger partial charge in [0.25, 0.3) is 0 Å². The summed E-state index contributed by atoms with van der Waals surface area (Å²) in [5.41, 5.74) is 0. The summed E-state index contributed by atoms with van der Waals surface area (Å²) in [6.07, 6.45) is 5.68. The van der Waals surface area contributed by atoms with E-state index in [0.29, 0.717) is 0 Å². The van der Waals surface area contributed by atoms with Crippen molar-refractivity contribution in [3.8, 4) is 0 Å². The molecule has 0 amide bonds. The molecule has 0 saturated carbocycles. The van der Waals surface area contributed by atoms with Crippen LogP contribution in [-0.2, 0) is 0 Å². The molecule has 0 nitrogen and oxygen atoms in total. The fourth-order valence-corrected chi connectivity index (χ4v) is 1.73. The summed E-state index contributed by atoms with van der Waals surface area (Å²) < 4.78 is 0. The minimum Gasteiger partial charge on any atom is -1.00 e. The third kappa shape index (κ3) is 7.53. The van der Waals surface area contributed by atoms with Crippen LogP contribution in [0.3, 0.4) is 0 Å². The van der Waals surface area contributed by atoms with Crippen molar-refractivity contribution < 1.29 is 59.1 Å². The monoisotopic (exact) mass is 184 g/mol. The predicted octanol–water partition coefficient (Wildman–Crippen LogP) is -2.86. The van der Waals surface area contributed by atoms with E-state index in [1.165, 1.54) is 25.3 Å². The van der Waals surface area contributed by atoms with Crippen molar-refractivity contribution in [2.45, 2.75) is 53.0 Å². The molecular formula is C8H20B2Na2. The Bertz CT molecular complexity index is 57.9. The van der Waals surface area contributed by atoms with Crippen molar-refractivity contribution in [3.63, 3.8) is 0 Å². The molecule has 60 valence electrons. The van der Waals surface area contributed by atoms with Crippen molar-refractivity contribution in [1.82, 2.24) is 0 Å². The molecule has 0 aliphatic carbocycles. The van der Waals surface area contributed by atoms with Crippen LogP contribution in [0.25, 0.3) is 0 Å². The number of hydrogen-bond donors (Lipinski definition) is 0. The topological polar surface area (TPSA) is 0 Å². The second-order valence-corrected chi connectivity index (χ2v) is 3.37. The van der Waals surface area contributed by atoms with E-state index >= 15 is 0 Å². The summed E-state index contributed by atoms with van der Waals surface area (Å²) in [6, 6.07) is 0. The summed E-state index contributed by atoms with van der Waals surface area (Å²) in [5.74, 6) is 0. The van der Waals surface area contributed by atoms with Crippen LogP contribution in [-0.4, -0.2) is 14.6 Å². The summed E-state index contributed by atoms with van der Waals surface area (Å²) >= 11 is 0. The van der Waals surface area contributed by atoms with E-state index < -0.39 is 0 Å². The van der Waals surface area contributed by atoms with Gasteiger partial charge in [-0.1, -0.05) is 27.7 Å². The maximum Gasteiger partial charge on any atom is 1.00 e. The largest absolute Gasteiger partial charge is 1.00 e. The van der Waals surface area contributed by atoms with E-state index in [9.17, 15) is 0 Å². The van der Waals surface area contributed by atoms with E-state index in [1.807, 2.05) is 0 Å². The Morgan fingerprint density at radius 2 is 0.833 bits per heavy atom. The molecule has 0 heterocycles. The molecule has 0 aliphatic heterocycles. The van der Waals surface area contributed by atoms with Crippen LogP contribution in [0.15, 0.2) is 0 Å². The minimum absolute atomic E-state index is 0. The molecule has 0 aromatic carbocycles. The Hall–Kier alpha value is 2.13. The average molecular weight is 184 g/mol. The smallest absolute Gasteiger partial charge is 1.00 e. The van der Waals surface area contributed by atoms with Crippen molar-refractivity contribution >= 4 is 14.6 Å². The molecule has 0 aliphatic rings. The van der Waals surface area contributed by atoms with Gasteiger partial charge in [-0.15, -0.1) is 0 Å². The van der Waals surface area contributed by atoms with Gasteiger partial charge in [0.05, 0.1) is 0 Å². The van der Waals surface area contributed by atoms with Gasteiger partial charge in [-0.05, 0) is 6.15 Å². The van der Waals surface area contributed by atoms with Crippen molar-refractivity contribution in [3.05, 3.63) is 0 Å². The molecule has 0 saturated heterocycles. The Morgan fingerprint density at radius 3 is 0.833 bits per heavy atom. The van der Waals surface area contributed by atoms with Crippen LogP contribution in [0.2, 0.25) is 25.3 Å². The standard InChI is InChI=1S/C8H20B.B.2Na/c1-5-9(6-2,7-3)8-4;;;/h5-8H2,1-4H3;;;/q2*-1;2*+1. The molecule has 0 bridgehead atoms. The Labute approximate surface area is 125 Å². The predicted molar refractivity (Wildman–Crippen MR) is 53.4 cm³/mol. The molecular weight excluding hydrogens is 164 g/mol. The molecule has 4 radical (unpaired) electrons. The van der Waals surface area contributed by atoms with Gasteiger partial charge in [0.1, 0.15) is 0 Å². The van der Waals surface area contributed by atoms with Gasteiger partial charge < -0.3 is 8.41 Å². The van der Waals surface area contributed by atoms with Gasteiger partial charge in [-0.25, -0.2) is 0 Å². The van der Waals surface area contributed by atoms with Crippen molar-refractivity contribution in [2.75, 3.05) is 0 Å². The second-order valence-electron chi connectivity index (χ2n) is 3.37. The first kappa shape index (κ1) is 23.7. The van der Waals surface area contributed by atoms with E-state index in [-0.39, 0.29) is 73.7 Å². The molecule has 12 heavy (non-hydrogen) atoms. The van der Waals surface area contributed by atoms with E-state index in [0.717, 1.165) is 0 Å². The minimum atomic E-state index is 0. The fourth-order valence-electron chi connectivity index (χ4n) is 1.73. The normalized spacial score (nSPS) is 9.00. The van der Waals surface area contributed by atoms with Gasteiger partial charge in [0, 0.05) is 0 Å². The third-order valence-corrected chi connectivity index (χ3v) is 3.46. The molecule has 0 aromatic rings. The van der Waals surface area contributed by atoms with Gasteiger partial charge >= 0.3 is 59.1 Å². The van der Waals surface area contributed by atoms with Crippen LogP contribution >= 0.6 is 0 Å². The van der Waals surface area contributed by atoms with E-state index in [1.54, 1.807) is 0 Å². The van der Waals surface area contributed by atoms with Crippen LogP contribution in [0.1, 0.15) is 27.7 Å². The average Bonchev–Trinajstić information content (AvgIpc) is 1.95. The Morgan fingerprint density at radius 1 is 0.667 bits per heavy atom. The quantitative estimate of drug-likeness (QED) is 0.412. The molecule has 0 atom stereocenters. The van der Waals surface area contributed by atoms with Gasteiger partial charge in [0.2, 0.25) is 0 Å². The maximum atomic E-state index is 2.33. The van der Waals surface area contributed by atoms with Gasteiger partial charge in [0.15, 0.2) is 0 Å². The number of rotatable bonds is 4. The van der Waals surface area contributed by atoms with Crippen molar-refractivity contribution in [1.29, 1.82) is 0 Å². The molecule has 0 aromatic heterocycles. The van der Waals surface area contributed by atoms with Crippen LogP contribution in [0.4, 0.5) is 0 Å². The number of hydrogen-bond acceptors (Lipinski definition) is 0. The van der Waals surface area contributed by atoms with Crippen LogP contribution < -0.4 is 59.1 Å². The fraction of sp³-hybridized carbons (Fsp3) is 1.00. The van der Waals surface area contributed by atoms with E-state index in [2.05, 4.69) is 27.7 Å². The summed E-state index contributed by atoms with van der Waals surface area (Å²) in [5, 5.41) is 0. The summed E-state index contributed by atoms with van der Waals surface area (Å²) in [7, 11) is 0. The first-order valence-electron chi connectivity index (χ1n) is 4.46. The first-order valence-corrected chi connectivity index (χ1v) is 4.46. The molecule has 0 fully saturated rings. The third-order valence-electron chi connectivity index (χ3n) is 3.46.